The second-order valence-corrected chi connectivity index (χ2v) is 8.94. The Morgan fingerprint density at radius 2 is 1.97 bits per heavy atom. The molecule has 2 atom stereocenters. The summed E-state index contributed by atoms with van der Waals surface area (Å²) in [4.78, 5) is 31.5. The van der Waals surface area contributed by atoms with E-state index in [0.717, 1.165) is 36.7 Å². The van der Waals surface area contributed by atoms with Crippen molar-refractivity contribution in [2.75, 3.05) is 25.5 Å². The first-order valence-corrected chi connectivity index (χ1v) is 11.5. The Balaban J connectivity index is 1.76. The van der Waals surface area contributed by atoms with Gasteiger partial charge in [0.05, 0.1) is 11.1 Å². The highest BCUT2D eigenvalue weighted by Crippen LogP contribution is 2.37. The van der Waals surface area contributed by atoms with Crippen LogP contribution in [0, 0.1) is 11.7 Å². The molecule has 182 valence electrons. The lowest BCUT2D eigenvalue weighted by Gasteiger charge is -2.21. The third kappa shape index (κ3) is 6.45. The van der Waals surface area contributed by atoms with Crippen LogP contribution in [-0.2, 0) is 22.6 Å². The fourth-order valence-electron chi connectivity index (χ4n) is 4.22. The smallest absolute Gasteiger partial charge is 0.313 e. The lowest BCUT2D eigenvalue weighted by atomic mass is 10.0. The number of anilines is 1. The van der Waals surface area contributed by atoms with Crippen molar-refractivity contribution in [1.29, 1.82) is 0 Å². The minimum absolute atomic E-state index is 0.0366. The Hall–Kier alpha value is -3.17. The molecule has 0 aliphatic heterocycles. The van der Waals surface area contributed by atoms with Crippen LogP contribution in [0.15, 0.2) is 41.4 Å². The molecule has 0 saturated carbocycles. The largest absolute Gasteiger partial charge is 0.370 e. The summed E-state index contributed by atoms with van der Waals surface area (Å²) in [6.07, 6.45) is 1.73. The molecule has 0 unspecified atom stereocenters. The Morgan fingerprint density at radius 1 is 1.21 bits per heavy atom. The second-order valence-electron chi connectivity index (χ2n) is 8.53. The molecule has 0 radical (unpaired) electrons. The summed E-state index contributed by atoms with van der Waals surface area (Å²) in [7, 11) is 2.08. The van der Waals surface area contributed by atoms with Gasteiger partial charge in [0.15, 0.2) is 5.96 Å². The van der Waals surface area contributed by atoms with Gasteiger partial charge in [-0.2, -0.15) is 0 Å². The van der Waals surface area contributed by atoms with Crippen molar-refractivity contribution in [2.24, 2.45) is 22.4 Å². The van der Waals surface area contributed by atoms with Crippen LogP contribution in [-0.4, -0.2) is 42.8 Å². The highest BCUT2D eigenvalue weighted by Gasteiger charge is 2.35. The fraction of sp³-hybridized carbons (Fsp3) is 0.375. The zero-order chi connectivity index (χ0) is 24.8. The van der Waals surface area contributed by atoms with Gasteiger partial charge < -0.3 is 27.0 Å². The van der Waals surface area contributed by atoms with Crippen molar-refractivity contribution in [3.63, 3.8) is 0 Å². The predicted octanol–water partition coefficient (Wildman–Crippen LogP) is 2.56. The van der Waals surface area contributed by atoms with E-state index in [9.17, 15) is 14.0 Å². The van der Waals surface area contributed by atoms with E-state index in [1.165, 1.54) is 17.7 Å². The number of hydrogen-bond acceptors (Lipinski definition) is 4. The van der Waals surface area contributed by atoms with Crippen LogP contribution < -0.4 is 22.1 Å². The van der Waals surface area contributed by atoms with E-state index in [-0.39, 0.29) is 22.6 Å². The van der Waals surface area contributed by atoms with Gasteiger partial charge in [0, 0.05) is 24.7 Å². The van der Waals surface area contributed by atoms with Crippen LogP contribution in [0.3, 0.4) is 0 Å². The molecule has 6 N–H and O–H groups in total. The average molecular weight is 489 g/mol. The first kappa shape index (κ1) is 25.5. The molecule has 34 heavy (non-hydrogen) atoms. The number of amides is 2. The SMILES string of the molecule is CCCN(C)Cc1ccc2c(c1)C[C@H](CN=C(N)N)[C@H]2NC(=O)C(=O)Nc1ccc(Cl)c(F)c1. The number of nitrogens with zero attached hydrogens (tertiary/aromatic N) is 2. The number of guanidine groups is 1. The lowest BCUT2D eigenvalue weighted by molar-refractivity contribution is -0.136. The van der Waals surface area contributed by atoms with Crippen molar-refractivity contribution < 1.29 is 14.0 Å². The quantitative estimate of drug-likeness (QED) is 0.258. The van der Waals surface area contributed by atoms with Gasteiger partial charge in [0.1, 0.15) is 5.82 Å². The molecule has 0 saturated heterocycles. The summed E-state index contributed by atoms with van der Waals surface area (Å²) in [5, 5.41) is 5.12. The van der Waals surface area contributed by atoms with E-state index in [0.29, 0.717) is 13.0 Å². The number of nitrogens with one attached hydrogen (secondary N) is 2. The maximum absolute atomic E-state index is 13.7. The van der Waals surface area contributed by atoms with Crippen molar-refractivity contribution >= 4 is 35.1 Å². The number of halogens is 2. The maximum atomic E-state index is 13.7. The van der Waals surface area contributed by atoms with Crippen LogP contribution in [0.5, 0.6) is 0 Å². The van der Waals surface area contributed by atoms with Crippen molar-refractivity contribution in [2.45, 2.75) is 32.4 Å². The number of nitrogens with two attached hydrogens (primary N) is 2. The molecule has 2 aromatic carbocycles. The highest BCUT2D eigenvalue weighted by molar-refractivity contribution is 6.39. The first-order valence-electron chi connectivity index (χ1n) is 11.1. The van der Waals surface area contributed by atoms with Gasteiger partial charge in [0.25, 0.3) is 0 Å². The molecule has 3 rings (SSSR count). The van der Waals surface area contributed by atoms with Gasteiger partial charge >= 0.3 is 11.8 Å². The van der Waals surface area contributed by atoms with Crippen LogP contribution >= 0.6 is 11.6 Å². The molecule has 1 aliphatic carbocycles. The van der Waals surface area contributed by atoms with Crippen LogP contribution in [0.1, 0.15) is 36.1 Å². The van der Waals surface area contributed by atoms with Crippen LogP contribution in [0.25, 0.3) is 0 Å². The minimum Gasteiger partial charge on any atom is -0.370 e. The average Bonchev–Trinajstić information content (AvgIpc) is 3.11. The number of rotatable bonds is 8. The van der Waals surface area contributed by atoms with Gasteiger partial charge in [-0.3, -0.25) is 14.6 Å². The van der Waals surface area contributed by atoms with E-state index in [1.807, 2.05) is 12.1 Å². The molecule has 0 fully saturated rings. The topological polar surface area (TPSA) is 126 Å². The van der Waals surface area contributed by atoms with E-state index < -0.39 is 23.7 Å². The molecule has 1 aliphatic rings. The third-order valence-corrected chi connectivity index (χ3v) is 6.04. The number of benzene rings is 2. The second kappa shape index (κ2) is 11.3. The summed E-state index contributed by atoms with van der Waals surface area (Å²) in [5.41, 5.74) is 14.4. The monoisotopic (exact) mass is 488 g/mol. The molecule has 0 aromatic heterocycles. The third-order valence-electron chi connectivity index (χ3n) is 5.73. The summed E-state index contributed by atoms with van der Waals surface area (Å²) >= 11 is 5.67. The van der Waals surface area contributed by atoms with E-state index in [4.69, 9.17) is 23.1 Å². The standard InChI is InChI=1S/C24H30ClFN6O2/c1-3-8-32(2)13-14-4-6-18-15(9-14)10-16(12-29-24(27)28)21(18)31-23(34)22(33)30-17-5-7-19(25)20(26)11-17/h4-7,9,11,16,21H,3,8,10,12-13H2,1-2H3,(H,30,33)(H,31,34)(H4,27,28,29)/t16-,21-/m1/s1. The van der Waals surface area contributed by atoms with Gasteiger partial charge in [0.2, 0.25) is 0 Å². The zero-order valence-corrected chi connectivity index (χ0v) is 20.0. The molecule has 2 aromatic rings. The molecular weight excluding hydrogens is 459 g/mol. The number of carbonyl (C=O) groups excluding carboxylic acids is 2. The number of aliphatic imine (C=N–C) groups is 1. The summed E-state index contributed by atoms with van der Waals surface area (Å²) in [6.45, 7) is 4.25. The maximum Gasteiger partial charge on any atom is 0.313 e. The van der Waals surface area contributed by atoms with Crippen LogP contribution in [0.4, 0.5) is 10.1 Å². The Bertz CT molecular complexity index is 1090. The van der Waals surface area contributed by atoms with E-state index >= 15 is 0 Å². The Labute approximate surface area is 203 Å². The van der Waals surface area contributed by atoms with Crippen molar-refractivity contribution in [3.05, 3.63) is 63.9 Å². The number of fused-ring (bicyclic) bond motifs is 1. The number of carbonyl (C=O) groups is 2. The van der Waals surface area contributed by atoms with Crippen molar-refractivity contribution in [3.8, 4) is 0 Å². The zero-order valence-electron chi connectivity index (χ0n) is 19.3. The first-order chi connectivity index (χ1) is 16.2. The molecule has 0 bridgehead atoms. The molecule has 2 amide bonds. The molecular formula is C24H30ClFN6O2. The lowest BCUT2D eigenvalue weighted by Crippen LogP contribution is -2.40. The normalized spacial score (nSPS) is 16.7. The van der Waals surface area contributed by atoms with E-state index in [1.54, 1.807) is 0 Å². The Kier molecular flexibility index (Phi) is 8.46. The van der Waals surface area contributed by atoms with Gasteiger partial charge in [-0.25, -0.2) is 4.39 Å². The number of hydrogen-bond donors (Lipinski definition) is 4. The fourth-order valence-corrected chi connectivity index (χ4v) is 4.34. The predicted molar refractivity (Wildman–Crippen MR) is 132 cm³/mol. The molecule has 10 heteroatoms. The summed E-state index contributed by atoms with van der Waals surface area (Å²) < 4.78 is 13.7. The van der Waals surface area contributed by atoms with Crippen molar-refractivity contribution in [1.82, 2.24) is 10.2 Å². The minimum atomic E-state index is -0.909. The van der Waals surface area contributed by atoms with E-state index in [2.05, 4.69) is 40.6 Å². The van der Waals surface area contributed by atoms with Gasteiger partial charge in [-0.15, -0.1) is 0 Å². The Morgan fingerprint density at radius 3 is 2.65 bits per heavy atom. The van der Waals surface area contributed by atoms with Gasteiger partial charge in [-0.1, -0.05) is 36.7 Å². The molecule has 0 spiro atoms. The molecule has 8 nitrogen and oxygen atoms in total. The van der Waals surface area contributed by atoms with Gasteiger partial charge in [-0.05, 0) is 61.3 Å². The van der Waals surface area contributed by atoms with Crippen LogP contribution in [0.2, 0.25) is 5.02 Å². The summed E-state index contributed by atoms with van der Waals surface area (Å²) in [5.74, 6) is -2.60. The summed E-state index contributed by atoms with van der Waals surface area (Å²) in [6, 6.07) is 9.48. The highest BCUT2D eigenvalue weighted by atomic mass is 35.5. The molecule has 0 heterocycles.